The van der Waals surface area contributed by atoms with E-state index in [0.717, 1.165) is 0 Å². The van der Waals surface area contributed by atoms with Crippen LogP contribution in [0.5, 0.6) is 0 Å². The molecule has 2 N–H and O–H groups in total. The Labute approximate surface area is 96.3 Å². The van der Waals surface area contributed by atoms with Crippen molar-refractivity contribution >= 4 is 15.8 Å². The molecule has 2 atom stereocenters. The second-order valence-corrected chi connectivity index (χ2v) is 6.72. The Hall–Kier alpha value is -0.620. The Morgan fingerprint density at radius 2 is 2.19 bits per heavy atom. The van der Waals surface area contributed by atoms with Crippen LogP contribution in [0.25, 0.3) is 0 Å². The number of hydrogen-bond donors (Lipinski definition) is 1. The smallest absolute Gasteiger partial charge is 0.313 e. The van der Waals surface area contributed by atoms with Gasteiger partial charge in [0.15, 0.2) is 0 Å². The number of hydrogen-bond acceptors (Lipinski definition) is 5. The number of ether oxygens (including phenoxy) is 1. The van der Waals surface area contributed by atoms with Crippen LogP contribution in [0.3, 0.4) is 0 Å². The monoisotopic (exact) mass is 249 g/mol. The molecule has 0 unspecified atom stereocenters. The van der Waals surface area contributed by atoms with Gasteiger partial charge < -0.3 is 10.5 Å². The van der Waals surface area contributed by atoms with Gasteiger partial charge in [0.2, 0.25) is 0 Å². The van der Waals surface area contributed by atoms with Gasteiger partial charge in [0.25, 0.3) is 0 Å². The zero-order valence-electron chi connectivity index (χ0n) is 9.73. The van der Waals surface area contributed by atoms with E-state index < -0.39 is 20.5 Å². The lowest BCUT2D eigenvalue weighted by molar-refractivity contribution is -0.154. The topological polar surface area (TPSA) is 86.5 Å². The number of sulfone groups is 1. The van der Waals surface area contributed by atoms with Gasteiger partial charge in [-0.3, -0.25) is 4.79 Å². The predicted octanol–water partition coefficient (Wildman–Crippen LogP) is 0.0917. The Morgan fingerprint density at radius 1 is 1.56 bits per heavy atom. The molecule has 1 saturated carbocycles. The Kier molecular flexibility index (Phi) is 3.96. The van der Waals surface area contributed by atoms with E-state index in [9.17, 15) is 13.2 Å². The van der Waals surface area contributed by atoms with E-state index in [4.69, 9.17) is 10.5 Å². The van der Waals surface area contributed by atoms with Crippen LogP contribution in [0.2, 0.25) is 0 Å². The van der Waals surface area contributed by atoms with Gasteiger partial charge >= 0.3 is 5.97 Å². The third-order valence-corrected chi connectivity index (χ3v) is 4.88. The van der Waals surface area contributed by atoms with E-state index in [-0.39, 0.29) is 12.5 Å². The largest absolute Gasteiger partial charge is 0.466 e. The van der Waals surface area contributed by atoms with Crippen molar-refractivity contribution < 1.29 is 17.9 Å². The van der Waals surface area contributed by atoms with Crippen LogP contribution in [0.4, 0.5) is 0 Å². The second kappa shape index (κ2) is 4.71. The highest BCUT2D eigenvalue weighted by Crippen LogP contribution is 2.41. The number of rotatable bonds is 4. The molecule has 0 bridgehead atoms. The highest BCUT2D eigenvalue weighted by molar-refractivity contribution is 7.91. The Balaban J connectivity index is 2.83. The van der Waals surface area contributed by atoms with Crippen molar-refractivity contribution in [1.29, 1.82) is 0 Å². The fourth-order valence-corrected chi connectivity index (χ4v) is 3.35. The molecule has 1 fully saturated rings. The molecule has 0 radical (unpaired) electrons. The maximum absolute atomic E-state index is 11.8. The minimum absolute atomic E-state index is 0.151. The van der Waals surface area contributed by atoms with Gasteiger partial charge in [-0.15, -0.1) is 0 Å². The number of carbonyl (C=O) groups is 1. The van der Waals surface area contributed by atoms with Crippen molar-refractivity contribution in [3.63, 3.8) is 0 Å². The highest BCUT2D eigenvalue weighted by Gasteiger charge is 2.48. The average Bonchev–Trinajstić information content (AvgIpc) is 2.63. The van der Waals surface area contributed by atoms with Gasteiger partial charge in [-0.05, 0) is 26.2 Å². The van der Waals surface area contributed by atoms with Crippen LogP contribution >= 0.6 is 0 Å². The molecule has 1 aliphatic rings. The number of nitrogens with two attached hydrogens (primary N) is 1. The lowest BCUT2D eigenvalue weighted by Gasteiger charge is -2.24. The molecular weight excluding hydrogens is 230 g/mol. The van der Waals surface area contributed by atoms with E-state index in [2.05, 4.69) is 0 Å². The minimum atomic E-state index is -3.10. The fourth-order valence-electron chi connectivity index (χ4n) is 2.18. The van der Waals surface area contributed by atoms with Crippen LogP contribution in [-0.4, -0.2) is 39.0 Å². The summed E-state index contributed by atoms with van der Waals surface area (Å²) in [6, 6.07) is 0. The second-order valence-electron chi connectivity index (χ2n) is 4.40. The standard InChI is InChI=1S/C10H19NO4S/c1-3-15-9(12)10(7-11)5-4-8(6-10)16(2,13)14/h8H,3-7,11H2,1-2H3/t8-,10+/m1/s1. The van der Waals surface area contributed by atoms with Gasteiger partial charge in [0.05, 0.1) is 17.3 Å². The maximum Gasteiger partial charge on any atom is 0.313 e. The minimum Gasteiger partial charge on any atom is -0.466 e. The molecule has 0 spiro atoms. The summed E-state index contributed by atoms with van der Waals surface area (Å²) in [7, 11) is -3.10. The SMILES string of the molecule is CCOC(=O)[C@@]1(CN)CC[C@@H](S(C)(=O)=O)C1. The zero-order valence-corrected chi connectivity index (χ0v) is 10.5. The van der Waals surface area contributed by atoms with Crippen molar-refractivity contribution in [2.45, 2.75) is 31.4 Å². The molecule has 94 valence electrons. The molecule has 0 aromatic carbocycles. The molecule has 6 heteroatoms. The Bertz CT molecular complexity index is 365. The van der Waals surface area contributed by atoms with Gasteiger partial charge in [-0.25, -0.2) is 8.42 Å². The van der Waals surface area contributed by atoms with Crippen LogP contribution in [-0.2, 0) is 19.4 Å². The maximum atomic E-state index is 11.8. The quantitative estimate of drug-likeness (QED) is 0.714. The van der Waals surface area contributed by atoms with Gasteiger partial charge in [0.1, 0.15) is 9.84 Å². The first-order chi connectivity index (χ1) is 7.35. The predicted molar refractivity (Wildman–Crippen MR) is 60.6 cm³/mol. The highest BCUT2D eigenvalue weighted by atomic mass is 32.2. The molecule has 0 aliphatic heterocycles. The van der Waals surface area contributed by atoms with Crippen LogP contribution in [0.1, 0.15) is 26.2 Å². The average molecular weight is 249 g/mol. The summed E-state index contributed by atoms with van der Waals surface area (Å²) < 4.78 is 27.8. The summed E-state index contributed by atoms with van der Waals surface area (Å²) in [5.74, 6) is -0.358. The van der Waals surface area contributed by atoms with E-state index in [1.807, 2.05) is 0 Å². The van der Waals surface area contributed by atoms with Gasteiger partial charge in [-0.2, -0.15) is 0 Å². The van der Waals surface area contributed by atoms with Crippen molar-refractivity contribution in [3.8, 4) is 0 Å². The summed E-state index contributed by atoms with van der Waals surface area (Å²) in [6.45, 7) is 2.17. The molecule has 5 nitrogen and oxygen atoms in total. The zero-order chi connectivity index (χ0) is 12.4. The van der Waals surface area contributed by atoms with E-state index >= 15 is 0 Å². The van der Waals surface area contributed by atoms with Crippen molar-refractivity contribution in [3.05, 3.63) is 0 Å². The van der Waals surface area contributed by atoms with E-state index in [0.29, 0.717) is 25.9 Å². The molecular formula is C10H19NO4S. The molecule has 0 aromatic heterocycles. The number of carbonyl (C=O) groups excluding carboxylic acids is 1. The summed E-state index contributed by atoms with van der Waals surface area (Å²) in [5.41, 5.74) is 4.82. The van der Waals surface area contributed by atoms with Crippen LogP contribution in [0, 0.1) is 5.41 Å². The summed E-state index contributed by atoms with van der Waals surface area (Å²) in [6.07, 6.45) is 2.49. The van der Waals surface area contributed by atoms with Crippen LogP contribution < -0.4 is 5.73 Å². The number of esters is 1. The van der Waals surface area contributed by atoms with Gasteiger partial charge in [-0.1, -0.05) is 0 Å². The first-order valence-electron chi connectivity index (χ1n) is 5.42. The fraction of sp³-hybridized carbons (Fsp3) is 0.900. The van der Waals surface area contributed by atoms with E-state index in [1.165, 1.54) is 6.26 Å². The molecule has 0 heterocycles. The van der Waals surface area contributed by atoms with E-state index in [1.54, 1.807) is 6.92 Å². The molecule has 1 aliphatic carbocycles. The van der Waals surface area contributed by atoms with Crippen molar-refractivity contribution in [2.75, 3.05) is 19.4 Å². The summed E-state index contributed by atoms with van der Waals surface area (Å²) in [5, 5.41) is -0.458. The normalized spacial score (nSPS) is 30.3. The van der Waals surface area contributed by atoms with Crippen LogP contribution in [0.15, 0.2) is 0 Å². The molecule has 1 rings (SSSR count). The third kappa shape index (κ3) is 2.55. The van der Waals surface area contributed by atoms with Gasteiger partial charge in [0, 0.05) is 12.8 Å². The first kappa shape index (κ1) is 13.4. The lowest BCUT2D eigenvalue weighted by atomic mass is 9.86. The molecule has 0 saturated heterocycles. The molecule has 16 heavy (non-hydrogen) atoms. The molecule has 0 amide bonds. The molecule has 0 aromatic rings. The summed E-state index contributed by atoms with van der Waals surface area (Å²) >= 11 is 0. The third-order valence-electron chi connectivity index (χ3n) is 3.27. The van der Waals surface area contributed by atoms with Crippen molar-refractivity contribution in [1.82, 2.24) is 0 Å². The van der Waals surface area contributed by atoms with Crippen molar-refractivity contribution in [2.24, 2.45) is 11.1 Å². The lowest BCUT2D eigenvalue weighted by Crippen LogP contribution is -2.38. The summed E-state index contributed by atoms with van der Waals surface area (Å²) in [4.78, 5) is 11.8. The Morgan fingerprint density at radius 3 is 2.56 bits per heavy atom. The first-order valence-corrected chi connectivity index (χ1v) is 7.37.